The van der Waals surface area contributed by atoms with Gasteiger partial charge in [0.05, 0.1) is 22.8 Å². The molecule has 0 saturated carbocycles. The van der Waals surface area contributed by atoms with Crippen LogP contribution in [0.1, 0.15) is 24.7 Å². The van der Waals surface area contributed by atoms with E-state index in [1.807, 2.05) is 0 Å². The van der Waals surface area contributed by atoms with Gasteiger partial charge >= 0.3 is 0 Å². The maximum atomic E-state index is 13.3. The van der Waals surface area contributed by atoms with Gasteiger partial charge in [0.2, 0.25) is 16.0 Å². The second-order valence-corrected chi connectivity index (χ2v) is 9.67. The number of sulfonamides is 1. The number of methoxy groups -OCH3 is 3. The highest BCUT2D eigenvalue weighted by atomic mass is 35.5. The fourth-order valence-electron chi connectivity index (χ4n) is 3.01. The van der Waals surface area contributed by atoms with Crippen LogP contribution in [0.15, 0.2) is 30.6 Å². The molecule has 14 heteroatoms. The van der Waals surface area contributed by atoms with Gasteiger partial charge in [-0.25, -0.2) is 18.4 Å². The smallest absolute Gasteiger partial charge is 0.243 e. The van der Waals surface area contributed by atoms with Crippen LogP contribution in [-0.2, 0) is 26.1 Å². The van der Waals surface area contributed by atoms with Gasteiger partial charge in [0.1, 0.15) is 23.7 Å². The summed E-state index contributed by atoms with van der Waals surface area (Å²) < 4.78 is 46.3. The van der Waals surface area contributed by atoms with Gasteiger partial charge < -0.3 is 14.2 Å². The van der Waals surface area contributed by atoms with Gasteiger partial charge in [0, 0.05) is 32.7 Å². The first-order valence-electron chi connectivity index (χ1n) is 9.50. The molecule has 2 heterocycles. The van der Waals surface area contributed by atoms with E-state index >= 15 is 0 Å². The Kier molecular flexibility index (Phi) is 8.08. The molecule has 0 aliphatic heterocycles. The molecule has 1 N–H and O–H groups in total. The van der Waals surface area contributed by atoms with Gasteiger partial charge in [-0.15, -0.1) is 10.2 Å². The molecule has 11 nitrogen and oxygen atoms in total. The lowest BCUT2D eigenvalue weighted by Crippen LogP contribution is -2.33. The summed E-state index contributed by atoms with van der Waals surface area (Å²) in [6.45, 7) is 1.51. The van der Waals surface area contributed by atoms with Gasteiger partial charge in [0.25, 0.3) is 0 Å². The predicted octanol–water partition coefficient (Wildman–Crippen LogP) is 3.04. The first kappa shape index (κ1) is 25.1. The number of nitrogens with one attached hydrogen (secondary N) is 1. The lowest BCUT2D eigenvalue weighted by Gasteiger charge is -2.22. The van der Waals surface area contributed by atoms with Crippen LogP contribution in [0.4, 0.5) is 5.95 Å². The number of benzene rings is 1. The minimum Gasteiger partial charge on any atom is -0.497 e. The highest BCUT2D eigenvalue weighted by molar-refractivity contribution is 7.93. The van der Waals surface area contributed by atoms with Crippen LogP contribution in [0.3, 0.4) is 0 Å². The molecule has 0 aliphatic carbocycles. The molecule has 0 saturated heterocycles. The summed E-state index contributed by atoms with van der Waals surface area (Å²) in [6, 6.07) is 4.92. The Morgan fingerprint density at radius 3 is 2.42 bits per heavy atom. The Balaban J connectivity index is 2.01. The van der Waals surface area contributed by atoms with Crippen molar-refractivity contribution >= 4 is 39.2 Å². The average Bonchev–Trinajstić information content (AvgIpc) is 3.17. The second-order valence-electron chi connectivity index (χ2n) is 6.79. The molecule has 0 radical (unpaired) electrons. The monoisotopic (exact) mass is 516 g/mol. The van der Waals surface area contributed by atoms with Crippen LogP contribution in [0, 0.1) is 0 Å². The topological polar surface area (TPSA) is 130 Å². The lowest BCUT2D eigenvalue weighted by atomic mass is 10.2. The van der Waals surface area contributed by atoms with E-state index in [1.54, 1.807) is 18.2 Å². The summed E-state index contributed by atoms with van der Waals surface area (Å²) in [5.41, 5.74) is 0.405. The first-order valence-corrected chi connectivity index (χ1v) is 11.8. The number of hydrogen-bond donors (Lipinski definition) is 1. The minimum atomic E-state index is -4.07. The molecule has 0 amide bonds. The van der Waals surface area contributed by atoms with E-state index in [1.165, 1.54) is 45.2 Å². The van der Waals surface area contributed by atoms with E-state index in [0.29, 0.717) is 27.3 Å². The fraction of sp³-hybridized carbons (Fsp3) is 0.368. The highest BCUT2D eigenvalue weighted by Crippen LogP contribution is 2.30. The summed E-state index contributed by atoms with van der Waals surface area (Å²) in [5, 5.41) is 7.57. The molecule has 0 fully saturated rings. The lowest BCUT2D eigenvalue weighted by molar-refractivity contribution is 0.0950. The van der Waals surface area contributed by atoms with E-state index in [9.17, 15) is 8.42 Å². The molecule has 2 aromatic heterocycles. The Morgan fingerprint density at radius 1 is 1.12 bits per heavy atom. The van der Waals surface area contributed by atoms with E-state index < -0.39 is 21.4 Å². The number of hydrogen-bond acceptors (Lipinski definition) is 9. The van der Waals surface area contributed by atoms with Crippen molar-refractivity contribution in [3.8, 4) is 11.4 Å². The summed E-state index contributed by atoms with van der Waals surface area (Å²) in [7, 11) is 0.279. The molecule has 3 aromatic rings. The van der Waals surface area contributed by atoms with Gasteiger partial charge in [-0.05, 0) is 19.1 Å². The molecule has 0 aliphatic rings. The number of anilines is 1. The number of nitrogens with zero attached hydrogens (tertiary/aromatic N) is 5. The third-order valence-corrected chi connectivity index (χ3v) is 6.90. The number of ether oxygens (including phenoxy) is 3. The molecule has 0 spiro atoms. The molecular weight excluding hydrogens is 495 g/mol. The van der Waals surface area contributed by atoms with E-state index in [-0.39, 0.29) is 18.4 Å². The van der Waals surface area contributed by atoms with Crippen molar-refractivity contribution in [1.29, 1.82) is 0 Å². The minimum absolute atomic E-state index is 0.0527. The fourth-order valence-corrected chi connectivity index (χ4v) is 4.44. The molecular formula is C19H22Cl2N6O5S. The Hall–Kier alpha value is -2.51. The molecule has 1 aromatic carbocycles. The zero-order valence-corrected chi connectivity index (χ0v) is 20.5. The van der Waals surface area contributed by atoms with Crippen LogP contribution in [-0.4, -0.2) is 59.7 Å². The summed E-state index contributed by atoms with van der Waals surface area (Å²) >= 11 is 12.2. The number of aromatic nitrogens is 5. The van der Waals surface area contributed by atoms with Crippen LogP contribution in [0.5, 0.6) is 5.75 Å². The van der Waals surface area contributed by atoms with Gasteiger partial charge in [-0.2, -0.15) is 0 Å². The summed E-state index contributed by atoms with van der Waals surface area (Å²) in [4.78, 5) is 8.15. The largest absolute Gasteiger partial charge is 0.497 e. The number of halogens is 2. The van der Waals surface area contributed by atoms with E-state index in [2.05, 4.69) is 24.9 Å². The molecule has 0 unspecified atom stereocenters. The van der Waals surface area contributed by atoms with Gasteiger partial charge in [0.15, 0.2) is 11.6 Å². The third-order valence-electron chi connectivity index (χ3n) is 4.70. The van der Waals surface area contributed by atoms with Crippen molar-refractivity contribution in [3.05, 3.63) is 52.3 Å². The van der Waals surface area contributed by atoms with Crippen molar-refractivity contribution in [2.24, 2.45) is 0 Å². The van der Waals surface area contributed by atoms with Crippen molar-refractivity contribution in [2.75, 3.05) is 26.1 Å². The average molecular weight is 517 g/mol. The summed E-state index contributed by atoms with van der Waals surface area (Å²) in [5.74, 6) is 0.906. The molecule has 0 bridgehead atoms. The van der Waals surface area contributed by atoms with Crippen molar-refractivity contribution in [3.63, 3.8) is 0 Å². The molecule has 33 heavy (non-hydrogen) atoms. The van der Waals surface area contributed by atoms with E-state index in [0.717, 1.165) is 0 Å². The SMILES string of the molecule is COCc1nnc(NS(=O)(=O)[C@@H](C)[C@H](OC)c2ncc(Cl)cn2)n1-c1cc(OC)ccc1Cl. The van der Waals surface area contributed by atoms with E-state index in [4.69, 9.17) is 37.4 Å². The zero-order valence-electron chi connectivity index (χ0n) is 18.2. The summed E-state index contributed by atoms with van der Waals surface area (Å²) in [6.07, 6.45) is 1.75. The van der Waals surface area contributed by atoms with Crippen LogP contribution >= 0.6 is 23.2 Å². The molecule has 178 valence electrons. The van der Waals surface area contributed by atoms with Gasteiger partial charge in [-0.3, -0.25) is 9.29 Å². The maximum Gasteiger partial charge on any atom is 0.243 e. The Bertz CT molecular complexity index is 1210. The normalized spacial score (nSPS) is 13.5. The van der Waals surface area contributed by atoms with Crippen LogP contribution in [0.25, 0.3) is 5.69 Å². The maximum absolute atomic E-state index is 13.3. The molecule has 2 atom stereocenters. The first-order chi connectivity index (χ1) is 15.7. The van der Waals surface area contributed by atoms with Gasteiger partial charge in [-0.1, -0.05) is 23.2 Å². The standard InChI is InChI=1S/C19H22Cl2N6O5S/c1-11(17(32-4)18-22-8-12(20)9-23-18)33(28,29)26-19-25-24-16(10-30-2)27(19)15-7-13(31-3)5-6-14(15)21/h5-9,11,17H,10H2,1-4H3,(H,25,26)/t11-,17-/m0/s1. The number of rotatable bonds is 10. The Labute approximate surface area is 201 Å². The quantitative estimate of drug-likeness (QED) is 0.431. The highest BCUT2D eigenvalue weighted by Gasteiger charge is 2.34. The molecule has 3 rings (SSSR count). The van der Waals surface area contributed by atoms with Crippen LogP contribution < -0.4 is 9.46 Å². The van der Waals surface area contributed by atoms with Crippen molar-refractivity contribution in [1.82, 2.24) is 24.7 Å². The van der Waals surface area contributed by atoms with Crippen molar-refractivity contribution < 1.29 is 22.6 Å². The Morgan fingerprint density at radius 2 is 1.82 bits per heavy atom. The van der Waals surface area contributed by atoms with Crippen molar-refractivity contribution in [2.45, 2.75) is 24.9 Å². The zero-order chi connectivity index (χ0) is 24.2. The second kappa shape index (κ2) is 10.6. The van der Waals surface area contributed by atoms with Crippen LogP contribution in [0.2, 0.25) is 10.0 Å². The predicted molar refractivity (Wildman–Crippen MR) is 122 cm³/mol. The third kappa shape index (κ3) is 5.53.